The Morgan fingerprint density at radius 2 is 2.00 bits per heavy atom. The van der Waals surface area contributed by atoms with Gasteiger partial charge in [-0.1, -0.05) is 19.0 Å². The molecule has 110 valence electrons. The van der Waals surface area contributed by atoms with Crippen molar-refractivity contribution in [3.8, 4) is 0 Å². The van der Waals surface area contributed by atoms with Crippen molar-refractivity contribution in [3.63, 3.8) is 0 Å². The van der Waals surface area contributed by atoms with Crippen molar-refractivity contribution in [1.82, 2.24) is 5.32 Å². The molecule has 4 N–H and O–H groups in total. The van der Waals surface area contributed by atoms with Gasteiger partial charge in [-0.05, 0) is 12.8 Å². The Balaban J connectivity index is 2.45. The van der Waals surface area contributed by atoms with Crippen LogP contribution in [0.15, 0.2) is 5.16 Å². The number of carbonyl (C=O) groups excluding carboxylic acids is 1. The Kier molecular flexibility index (Phi) is 4.70. The summed E-state index contributed by atoms with van der Waals surface area (Å²) in [6, 6.07) is 0. The maximum Gasteiger partial charge on any atom is 0.248 e. The van der Waals surface area contributed by atoms with Gasteiger partial charge in [-0.2, -0.15) is 0 Å². The number of alkyl halides is 2. The van der Waals surface area contributed by atoms with Crippen LogP contribution in [0.2, 0.25) is 0 Å². The van der Waals surface area contributed by atoms with Gasteiger partial charge < -0.3 is 16.3 Å². The van der Waals surface area contributed by atoms with Crippen LogP contribution in [0, 0.1) is 11.3 Å². The predicted molar refractivity (Wildman–Crippen MR) is 67.1 cm³/mol. The molecule has 0 atom stereocenters. The summed E-state index contributed by atoms with van der Waals surface area (Å²) in [6.07, 6.45) is -0.0882. The van der Waals surface area contributed by atoms with Crippen molar-refractivity contribution in [2.75, 3.05) is 6.54 Å². The Hall–Kier alpha value is -1.40. The maximum atomic E-state index is 13.0. The number of hydrogen-bond acceptors (Lipinski definition) is 3. The number of hydrogen-bond donors (Lipinski definition) is 3. The molecule has 0 spiro atoms. The van der Waals surface area contributed by atoms with Gasteiger partial charge in [-0.15, -0.1) is 0 Å². The normalized spacial score (nSPS) is 21.2. The minimum atomic E-state index is -2.63. The molecule has 0 aliphatic heterocycles. The summed E-state index contributed by atoms with van der Waals surface area (Å²) in [5.41, 5.74) is 4.82. The second-order valence-corrected chi connectivity index (χ2v) is 5.72. The van der Waals surface area contributed by atoms with Crippen LogP contribution in [0.3, 0.4) is 0 Å². The van der Waals surface area contributed by atoms with Crippen LogP contribution in [0.1, 0.15) is 39.5 Å². The summed E-state index contributed by atoms with van der Waals surface area (Å²) < 4.78 is 26.0. The average Bonchev–Trinajstić information content (AvgIpc) is 2.35. The Bertz CT molecular complexity index is 360. The number of nitrogens with one attached hydrogen (secondary N) is 1. The van der Waals surface area contributed by atoms with Crippen LogP contribution in [0.25, 0.3) is 0 Å². The van der Waals surface area contributed by atoms with Gasteiger partial charge in [0.2, 0.25) is 11.8 Å². The van der Waals surface area contributed by atoms with Gasteiger partial charge in [0.1, 0.15) is 5.84 Å². The van der Waals surface area contributed by atoms with Crippen molar-refractivity contribution >= 4 is 11.7 Å². The highest BCUT2D eigenvalue weighted by Gasteiger charge is 2.37. The van der Waals surface area contributed by atoms with E-state index in [0.29, 0.717) is 0 Å². The molecule has 1 saturated carbocycles. The number of carbonyl (C=O) groups is 1. The highest BCUT2D eigenvalue weighted by atomic mass is 19.3. The molecule has 0 saturated heterocycles. The molecule has 0 aromatic heterocycles. The fourth-order valence-electron chi connectivity index (χ4n) is 1.98. The lowest BCUT2D eigenvalue weighted by Gasteiger charge is -2.29. The van der Waals surface area contributed by atoms with Crippen LogP contribution in [0.4, 0.5) is 8.78 Å². The van der Waals surface area contributed by atoms with E-state index in [1.165, 1.54) is 0 Å². The smallest absolute Gasteiger partial charge is 0.248 e. The molecule has 0 bridgehead atoms. The monoisotopic (exact) mass is 277 g/mol. The zero-order chi connectivity index (χ0) is 14.7. The second kappa shape index (κ2) is 5.71. The summed E-state index contributed by atoms with van der Waals surface area (Å²) in [6.45, 7) is 3.64. The van der Waals surface area contributed by atoms with E-state index in [9.17, 15) is 13.6 Å². The quantitative estimate of drug-likeness (QED) is 0.316. The Morgan fingerprint density at radius 3 is 2.47 bits per heavy atom. The van der Waals surface area contributed by atoms with E-state index >= 15 is 0 Å². The van der Waals surface area contributed by atoms with Gasteiger partial charge in [0.15, 0.2) is 0 Å². The lowest BCUT2D eigenvalue weighted by atomic mass is 9.85. The minimum absolute atomic E-state index is 0.0166. The molecule has 0 unspecified atom stereocenters. The highest BCUT2D eigenvalue weighted by molar-refractivity contribution is 5.86. The van der Waals surface area contributed by atoms with Crippen molar-refractivity contribution in [2.24, 2.45) is 22.2 Å². The number of nitrogens with two attached hydrogens (primary N) is 1. The number of halogens is 2. The van der Waals surface area contributed by atoms with Gasteiger partial charge >= 0.3 is 0 Å². The van der Waals surface area contributed by atoms with E-state index in [-0.39, 0.29) is 49.9 Å². The summed E-state index contributed by atoms with van der Waals surface area (Å²) in [5, 5.41) is 14.2. The van der Waals surface area contributed by atoms with Crippen molar-refractivity contribution in [2.45, 2.75) is 45.5 Å². The number of amides is 1. The van der Waals surface area contributed by atoms with Crippen LogP contribution in [-0.2, 0) is 4.79 Å². The maximum absolute atomic E-state index is 13.0. The molecule has 0 heterocycles. The Labute approximate surface area is 111 Å². The number of rotatable bonds is 4. The largest absolute Gasteiger partial charge is 0.409 e. The third-order valence-electron chi connectivity index (χ3n) is 3.59. The van der Waals surface area contributed by atoms with Gasteiger partial charge in [0.25, 0.3) is 0 Å². The number of oxime groups is 1. The SMILES string of the molecule is CC(C)(CNC(=O)C1CCC(F)(F)CC1)C(N)=NO. The van der Waals surface area contributed by atoms with Gasteiger partial charge in [0.05, 0.1) is 0 Å². The molecule has 5 nitrogen and oxygen atoms in total. The molecule has 1 rings (SSSR count). The van der Waals surface area contributed by atoms with Gasteiger partial charge in [-0.25, -0.2) is 8.78 Å². The van der Waals surface area contributed by atoms with E-state index < -0.39 is 11.3 Å². The van der Waals surface area contributed by atoms with Gasteiger partial charge in [-0.3, -0.25) is 4.79 Å². The summed E-state index contributed by atoms with van der Waals surface area (Å²) in [4.78, 5) is 11.9. The summed E-state index contributed by atoms with van der Waals surface area (Å²) in [5.74, 6) is -3.23. The standard InChI is InChI=1S/C12H21F2N3O2/c1-11(2,10(15)17-19)7-16-9(18)8-3-5-12(13,14)6-4-8/h8,19H,3-7H2,1-2H3,(H2,15,17)(H,16,18). The van der Waals surface area contributed by atoms with Gasteiger partial charge in [0, 0.05) is 30.7 Å². The molecule has 0 radical (unpaired) electrons. The fraction of sp³-hybridized carbons (Fsp3) is 0.833. The highest BCUT2D eigenvalue weighted by Crippen LogP contribution is 2.36. The number of amidine groups is 1. The Morgan fingerprint density at radius 1 is 1.47 bits per heavy atom. The van der Waals surface area contributed by atoms with Crippen LogP contribution in [0.5, 0.6) is 0 Å². The van der Waals surface area contributed by atoms with E-state index in [2.05, 4.69) is 10.5 Å². The van der Waals surface area contributed by atoms with E-state index in [1.807, 2.05) is 0 Å². The molecule has 1 fully saturated rings. The molecular weight excluding hydrogens is 256 g/mol. The molecule has 19 heavy (non-hydrogen) atoms. The first-order valence-electron chi connectivity index (χ1n) is 6.31. The summed E-state index contributed by atoms with van der Waals surface area (Å²) >= 11 is 0. The fourth-order valence-corrected chi connectivity index (χ4v) is 1.98. The van der Waals surface area contributed by atoms with Crippen LogP contribution < -0.4 is 11.1 Å². The molecule has 0 aromatic carbocycles. The molecule has 0 aromatic rings. The second-order valence-electron chi connectivity index (χ2n) is 5.72. The molecular formula is C12H21F2N3O2. The lowest BCUT2D eigenvalue weighted by Crippen LogP contribution is -2.45. The topological polar surface area (TPSA) is 87.7 Å². The number of nitrogens with zero attached hydrogens (tertiary/aromatic N) is 1. The minimum Gasteiger partial charge on any atom is -0.409 e. The zero-order valence-electron chi connectivity index (χ0n) is 11.2. The predicted octanol–water partition coefficient (Wildman–Crippen LogP) is 1.70. The first kappa shape index (κ1) is 15.7. The third-order valence-corrected chi connectivity index (χ3v) is 3.59. The first-order valence-corrected chi connectivity index (χ1v) is 6.31. The molecule has 1 amide bonds. The first-order chi connectivity index (χ1) is 8.68. The summed E-state index contributed by atoms with van der Waals surface area (Å²) in [7, 11) is 0. The van der Waals surface area contributed by atoms with E-state index in [0.717, 1.165) is 0 Å². The van der Waals surface area contributed by atoms with E-state index in [1.54, 1.807) is 13.8 Å². The van der Waals surface area contributed by atoms with Crippen LogP contribution in [-0.4, -0.2) is 29.4 Å². The van der Waals surface area contributed by atoms with Crippen LogP contribution >= 0.6 is 0 Å². The third kappa shape index (κ3) is 4.33. The molecule has 7 heteroatoms. The molecule has 1 aliphatic rings. The average molecular weight is 277 g/mol. The molecule has 1 aliphatic carbocycles. The van der Waals surface area contributed by atoms with Crippen molar-refractivity contribution in [3.05, 3.63) is 0 Å². The van der Waals surface area contributed by atoms with E-state index in [4.69, 9.17) is 10.9 Å². The zero-order valence-corrected chi connectivity index (χ0v) is 11.2. The van der Waals surface area contributed by atoms with Crippen molar-refractivity contribution < 1.29 is 18.8 Å². The van der Waals surface area contributed by atoms with Crippen molar-refractivity contribution in [1.29, 1.82) is 0 Å². The lowest BCUT2D eigenvalue weighted by molar-refractivity contribution is -0.129.